The average molecular weight is 395 g/mol. The molecule has 1 aromatic carbocycles. The van der Waals surface area contributed by atoms with E-state index in [9.17, 15) is 8.42 Å². The molecule has 0 saturated carbocycles. The smallest absolute Gasteiger partial charge is 0.191 e. The van der Waals surface area contributed by atoms with E-state index in [1.807, 2.05) is 24.3 Å². The molecule has 0 aliphatic carbocycles. The van der Waals surface area contributed by atoms with Crippen molar-refractivity contribution in [3.8, 4) is 0 Å². The summed E-state index contributed by atoms with van der Waals surface area (Å²) in [6.07, 6.45) is 1.24. The van der Waals surface area contributed by atoms with Gasteiger partial charge in [-0.25, -0.2) is 13.4 Å². The first-order valence-corrected chi connectivity index (χ1v) is 11.3. The van der Waals surface area contributed by atoms with E-state index in [1.165, 1.54) is 6.26 Å². The second-order valence-corrected chi connectivity index (χ2v) is 9.57. The molecule has 0 amide bonds. The van der Waals surface area contributed by atoms with Gasteiger partial charge in [-0.05, 0) is 17.0 Å². The minimum Gasteiger partial charge on any atom is -0.352 e. The molecule has 0 unspecified atom stereocenters. The zero-order valence-electron chi connectivity index (χ0n) is 15.6. The number of sulfone groups is 1. The van der Waals surface area contributed by atoms with Crippen molar-refractivity contribution >= 4 is 27.1 Å². The number of nitrogens with zero attached hydrogens (tertiary/aromatic N) is 2. The van der Waals surface area contributed by atoms with Crippen LogP contribution < -0.4 is 10.6 Å². The molecule has 1 aromatic heterocycles. The highest BCUT2D eigenvalue weighted by atomic mass is 32.2. The number of hydrogen-bond donors (Lipinski definition) is 2. The number of benzene rings is 1. The van der Waals surface area contributed by atoms with E-state index in [1.54, 1.807) is 18.4 Å². The zero-order valence-corrected chi connectivity index (χ0v) is 17.2. The van der Waals surface area contributed by atoms with Crippen molar-refractivity contribution in [2.75, 3.05) is 13.3 Å². The van der Waals surface area contributed by atoms with Gasteiger partial charge < -0.3 is 10.6 Å². The lowest BCUT2D eigenvalue weighted by Gasteiger charge is -2.11. The summed E-state index contributed by atoms with van der Waals surface area (Å²) in [5.41, 5.74) is 2.97. The van der Waals surface area contributed by atoms with Crippen LogP contribution in [0, 0.1) is 0 Å². The van der Waals surface area contributed by atoms with Crippen LogP contribution in [0.3, 0.4) is 0 Å². The summed E-state index contributed by atoms with van der Waals surface area (Å²) in [7, 11) is -1.28. The standard InChI is InChI=1S/C18H26N4O2S2/c1-13(2)16-11-25-17(22-16)10-21-18(19-3)20-9-14-5-7-15(8-6-14)12-26(4,23)24/h5-8,11,13H,9-10,12H2,1-4H3,(H2,19,20,21). The van der Waals surface area contributed by atoms with Crippen LogP contribution in [0.1, 0.15) is 41.6 Å². The van der Waals surface area contributed by atoms with E-state index in [2.05, 4.69) is 39.8 Å². The molecule has 0 spiro atoms. The summed E-state index contributed by atoms with van der Waals surface area (Å²) < 4.78 is 22.7. The van der Waals surface area contributed by atoms with Gasteiger partial charge in [-0.3, -0.25) is 4.99 Å². The van der Waals surface area contributed by atoms with Crippen LogP contribution in [-0.2, 0) is 28.7 Å². The maximum absolute atomic E-state index is 11.3. The monoisotopic (exact) mass is 394 g/mol. The average Bonchev–Trinajstić information content (AvgIpc) is 3.04. The van der Waals surface area contributed by atoms with E-state index in [0.29, 0.717) is 25.0 Å². The highest BCUT2D eigenvalue weighted by Gasteiger charge is 2.07. The summed E-state index contributed by atoms with van der Waals surface area (Å²) in [4.78, 5) is 8.82. The predicted octanol–water partition coefficient (Wildman–Crippen LogP) is 2.68. The Kier molecular flexibility index (Phi) is 7.16. The Morgan fingerprint density at radius 1 is 1.15 bits per heavy atom. The molecule has 2 aromatic rings. The van der Waals surface area contributed by atoms with Crippen LogP contribution in [0.25, 0.3) is 0 Å². The van der Waals surface area contributed by atoms with Crippen LogP contribution in [-0.4, -0.2) is 32.7 Å². The van der Waals surface area contributed by atoms with Gasteiger partial charge in [-0.1, -0.05) is 38.1 Å². The minimum atomic E-state index is -3.01. The topological polar surface area (TPSA) is 83.5 Å². The first kappa shape index (κ1) is 20.4. The van der Waals surface area contributed by atoms with Crippen LogP contribution in [0.5, 0.6) is 0 Å². The third-order valence-electron chi connectivity index (χ3n) is 3.70. The predicted molar refractivity (Wildman–Crippen MR) is 108 cm³/mol. The molecular formula is C18H26N4O2S2. The lowest BCUT2D eigenvalue weighted by atomic mass is 10.1. The van der Waals surface area contributed by atoms with E-state index >= 15 is 0 Å². The molecule has 0 fully saturated rings. The van der Waals surface area contributed by atoms with Gasteiger partial charge in [0.25, 0.3) is 0 Å². The molecule has 0 aliphatic rings. The summed E-state index contributed by atoms with van der Waals surface area (Å²) >= 11 is 1.65. The molecule has 0 atom stereocenters. The molecule has 26 heavy (non-hydrogen) atoms. The number of aromatic nitrogens is 1. The van der Waals surface area contributed by atoms with Crippen LogP contribution >= 0.6 is 11.3 Å². The number of thiazole rings is 1. The summed E-state index contributed by atoms with van der Waals surface area (Å²) in [5, 5.41) is 9.63. The lowest BCUT2D eigenvalue weighted by Crippen LogP contribution is -2.36. The molecule has 1 heterocycles. The Labute approximate surface area is 159 Å². The van der Waals surface area contributed by atoms with Gasteiger partial charge in [0, 0.05) is 25.2 Å². The van der Waals surface area contributed by atoms with E-state index in [0.717, 1.165) is 21.8 Å². The Hall–Kier alpha value is -1.93. The molecule has 2 N–H and O–H groups in total. The molecule has 2 rings (SSSR count). The van der Waals surface area contributed by atoms with Crippen molar-refractivity contribution in [2.45, 2.75) is 38.6 Å². The van der Waals surface area contributed by atoms with Gasteiger partial charge in [-0.2, -0.15) is 0 Å². The van der Waals surface area contributed by atoms with Gasteiger partial charge in [0.1, 0.15) is 5.01 Å². The molecule has 0 radical (unpaired) electrons. The molecule has 0 bridgehead atoms. The Balaban J connectivity index is 1.84. The largest absolute Gasteiger partial charge is 0.352 e. The Morgan fingerprint density at radius 3 is 2.31 bits per heavy atom. The Bertz CT molecular complexity index is 840. The van der Waals surface area contributed by atoms with Crippen molar-refractivity contribution in [3.05, 3.63) is 51.5 Å². The Morgan fingerprint density at radius 2 is 1.77 bits per heavy atom. The molecule has 0 saturated heterocycles. The first-order valence-electron chi connectivity index (χ1n) is 8.41. The molecule has 0 aliphatic heterocycles. The summed E-state index contributed by atoms with van der Waals surface area (Å²) in [5.74, 6) is 1.20. The zero-order chi connectivity index (χ0) is 19.2. The lowest BCUT2D eigenvalue weighted by molar-refractivity contribution is 0.601. The molecule has 6 nitrogen and oxygen atoms in total. The van der Waals surface area contributed by atoms with E-state index in [4.69, 9.17) is 0 Å². The van der Waals surface area contributed by atoms with Crippen molar-refractivity contribution in [2.24, 2.45) is 4.99 Å². The fraction of sp³-hybridized carbons (Fsp3) is 0.444. The number of nitrogens with one attached hydrogen (secondary N) is 2. The highest BCUT2D eigenvalue weighted by molar-refractivity contribution is 7.89. The maximum Gasteiger partial charge on any atom is 0.191 e. The SMILES string of the molecule is CN=C(NCc1ccc(CS(C)(=O)=O)cc1)NCc1nc(C(C)C)cs1. The number of rotatable bonds is 7. The third kappa shape index (κ3) is 6.76. The van der Waals surface area contributed by atoms with Gasteiger partial charge >= 0.3 is 0 Å². The quantitative estimate of drug-likeness (QED) is 0.557. The summed E-state index contributed by atoms with van der Waals surface area (Å²) in [6, 6.07) is 7.54. The minimum absolute atomic E-state index is 0.0656. The number of hydrogen-bond acceptors (Lipinski definition) is 5. The van der Waals surface area contributed by atoms with Crippen molar-refractivity contribution < 1.29 is 8.42 Å². The first-order chi connectivity index (χ1) is 12.3. The van der Waals surface area contributed by atoms with E-state index < -0.39 is 9.84 Å². The molecule has 142 valence electrons. The highest BCUT2D eigenvalue weighted by Crippen LogP contribution is 2.17. The van der Waals surface area contributed by atoms with Gasteiger partial charge in [0.2, 0.25) is 0 Å². The van der Waals surface area contributed by atoms with Crippen molar-refractivity contribution in [1.82, 2.24) is 15.6 Å². The number of guanidine groups is 1. The van der Waals surface area contributed by atoms with Crippen LogP contribution in [0.15, 0.2) is 34.6 Å². The fourth-order valence-corrected chi connectivity index (χ4v) is 3.99. The van der Waals surface area contributed by atoms with E-state index in [-0.39, 0.29) is 5.75 Å². The van der Waals surface area contributed by atoms with Gasteiger partial charge in [0.15, 0.2) is 15.8 Å². The van der Waals surface area contributed by atoms with Gasteiger partial charge in [0.05, 0.1) is 18.0 Å². The van der Waals surface area contributed by atoms with Crippen molar-refractivity contribution in [1.29, 1.82) is 0 Å². The van der Waals surface area contributed by atoms with Crippen molar-refractivity contribution in [3.63, 3.8) is 0 Å². The molecular weight excluding hydrogens is 368 g/mol. The summed E-state index contributed by atoms with van der Waals surface area (Å²) in [6.45, 7) is 5.50. The maximum atomic E-state index is 11.3. The second-order valence-electron chi connectivity index (χ2n) is 6.49. The normalized spacial score (nSPS) is 12.4. The number of aliphatic imine (C=N–C) groups is 1. The second kappa shape index (κ2) is 9.14. The van der Waals surface area contributed by atoms with Crippen LogP contribution in [0.4, 0.5) is 0 Å². The fourth-order valence-electron chi connectivity index (χ4n) is 2.29. The van der Waals surface area contributed by atoms with Gasteiger partial charge in [-0.15, -0.1) is 11.3 Å². The third-order valence-corrected chi connectivity index (χ3v) is 5.43. The van der Waals surface area contributed by atoms with Crippen LogP contribution in [0.2, 0.25) is 0 Å². The molecule has 8 heteroatoms.